The second-order valence-corrected chi connectivity index (χ2v) is 5.47. The maximum atomic E-state index is 13.7. The average molecular weight is 292 g/mol. The number of carbonyl (C=O) groups is 1. The molecule has 2 aromatic rings. The summed E-state index contributed by atoms with van der Waals surface area (Å²) in [6.45, 7) is 1.40. The van der Waals surface area contributed by atoms with Gasteiger partial charge in [-0.3, -0.25) is 9.36 Å². The lowest BCUT2D eigenvalue weighted by Gasteiger charge is -2.28. The molecule has 0 amide bonds. The first-order chi connectivity index (χ1) is 10.1. The number of ether oxygens (including phenoxy) is 1. The number of nitrogens with one attached hydrogen (secondary N) is 1. The van der Waals surface area contributed by atoms with Gasteiger partial charge in [-0.15, -0.1) is 0 Å². The Morgan fingerprint density at radius 2 is 2.05 bits per heavy atom. The van der Waals surface area contributed by atoms with Crippen molar-refractivity contribution in [2.24, 2.45) is 0 Å². The number of rotatable bonds is 2. The Kier molecular flexibility index (Phi) is 3.53. The lowest BCUT2D eigenvalue weighted by molar-refractivity contribution is -0.148. The van der Waals surface area contributed by atoms with Gasteiger partial charge in [0.1, 0.15) is 17.4 Å². The number of hydrogen-bond acceptors (Lipinski definition) is 3. The maximum absolute atomic E-state index is 13.7. The maximum Gasteiger partial charge on any atom is 0.326 e. The van der Waals surface area contributed by atoms with Crippen molar-refractivity contribution in [2.45, 2.75) is 44.8 Å². The van der Waals surface area contributed by atoms with Gasteiger partial charge in [-0.25, -0.2) is 9.18 Å². The fraction of sp³-hybridized carbons (Fsp3) is 0.467. The monoisotopic (exact) mass is 292 g/mol. The zero-order chi connectivity index (χ0) is 15.0. The van der Waals surface area contributed by atoms with E-state index in [1.165, 1.54) is 13.0 Å². The summed E-state index contributed by atoms with van der Waals surface area (Å²) in [5, 5.41) is 0. The molecule has 3 rings (SSSR count). The van der Waals surface area contributed by atoms with E-state index in [1.54, 1.807) is 16.7 Å². The van der Waals surface area contributed by atoms with Crippen LogP contribution in [0.4, 0.5) is 4.39 Å². The SMILES string of the molecule is CC(=O)OC1CCC(n2c(=O)[nH]c3c(F)cccc32)CC1. The van der Waals surface area contributed by atoms with Crippen LogP contribution < -0.4 is 5.69 Å². The Bertz CT molecular complexity index is 726. The fourth-order valence-corrected chi connectivity index (χ4v) is 3.13. The van der Waals surface area contributed by atoms with Crippen molar-refractivity contribution in [3.63, 3.8) is 0 Å². The average Bonchev–Trinajstić information content (AvgIpc) is 2.77. The van der Waals surface area contributed by atoms with E-state index >= 15 is 0 Å². The second-order valence-electron chi connectivity index (χ2n) is 5.47. The third-order valence-corrected chi connectivity index (χ3v) is 4.04. The van der Waals surface area contributed by atoms with Crippen LogP contribution in [0.5, 0.6) is 0 Å². The Labute approximate surface area is 120 Å². The van der Waals surface area contributed by atoms with Crippen LogP contribution in [-0.2, 0) is 9.53 Å². The van der Waals surface area contributed by atoms with Crippen molar-refractivity contribution in [3.8, 4) is 0 Å². The number of para-hydroxylation sites is 1. The first-order valence-electron chi connectivity index (χ1n) is 7.12. The molecule has 0 unspecified atom stereocenters. The predicted molar refractivity (Wildman–Crippen MR) is 75.6 cm³/mol. The lowest BCUT2D eigenvalue weighted by atomic mass is 9.92. The van der Waals surface area contributed by atoms with Gasteiger partial charge in [-0.05, 0) is 37.8 Å². The number of aromatic nitrogens is 2. The minimum absolute atomic E-state index is 0.0138. The molecule has 0 aliphatic heterocycles. The largest absolute Gasteiger partial charge is 0.463 e. The van der Waals surface area contributed by atoms with Gasteiger partial charge in [0.05, 0.1) is 5.52 Å². The number of esters is 1. The summed E-state index contributed by atoms with van der Waals surface area (Å²) in [6, 6.07) is 4.69. The van der Waals surface area contributed by atoms with Gasteiger partial charge in [0.2, 0.25) is 0 Å². The molecular formula is C15H17FN2O3. The minimum Gasteiger partial charge on any atom is -0.463 e. The van der Waals surface area contributed by atoms with E-state index in [0.717, 1.165) is 25.7 Å². The van der Waals surface area contributed by atoms with Gasteiger partial charge in [-0.1, -0.05) is 6.07 Å². The zero-order valence-electron chi connectivity index (χ0n) is 11.8. The summed E-state index contributed by atoms with van der Waals surface area (Å²) in [5.74, 6) is -0.693. The second kappa shape index (κ2) is 5.35. The molecule has 1 aliphatic rings. The summed E-state index contributed by atoms with van der Waals surface area (Å²) >= 11 is 0. The molecule has 1 aliphatic carbocycles. The number of imidazole rings is 1. The molecule has 5 nitrogen and oxygen atoms in total. The highest BCUT2D eigenvalue weighted by atomic mass is 19.1. The standard InChI is InChI=1S/C15H17FN2O3/c1-9(19)21-11-7-5-10(6-8-11)18-13-4-2-3-12(16)14(13)17-15(18)20/h2-4,10-11H,5-8H2,1H3,(H,17,20). The molecule has 0 radical (unpaired) electrons. The van der Waals surface area contributed by atoms with E-state index in [1.807, 2.05) is 0 Å². The molecule has 1 aromatic carbocycles. The summed E-state index contributed by atoms with van der Waals surface area (Å²) in [4.78, 5) is 25.7. The summed E-state index contributed by atoms with van der Waals surface area (Å²) in [7, 11) is 0. The summed E-state index contributed by atoms with van der Waals surface area (Å²) < 4.78 is 20.5. The third-order valence-electron chi connectivity index (χ3n) is 4.04. The van der Waals surface area contributed by atoms with E-state index in [9.17, 15) is 14.0 Å². The first-order valence-corrected chi connectivity index (χ1v) is 7.12. The molecule has 1 fully saturated rings. The van der Waals surface area contributed by atoms with Gasteiger partial charge < -0.3 is 9.72 Å². The number of fused-ring (bicyclic) bond motifs is 1. The third kappa shape index (κ3) is 2.57. The van der Waals surface area contributed by atoms with Gasteiger partial charge in [-0.2, -0.15) is 0 Å². The number of carbonyl (C=O) groups excluding carboxylic acids is 1. The van der Waals surface area contributed by atoms with E-state index in [2.05, 4.69) is 4.98 Å². The van der Waals surface area contributed by atoms with E-state index < -0.39 is 5.82 Å². The van der Waals surface area contributed by atoms with Crippen LogP contribution in [0.1, 0.15) is 38.6 Å². The molecular weight excluding hydrogens is 275 g/mol. The molecule has 1 heterocycles. The Hall–Kier alpha value is -2.11. The summed E-state index contributed by atoms with van der Waals surface area (Å²) in [5.41, 5.74) is 0.562. The Morgan fingerprint density at radius 1 is 1.33 bits per heavy atom. The van der Waals surface area contributed by atoms with Crippen LogP contribution in [0.2, 0.25) is 0 Å². The van der Waals surface area contributed by atoms with E-state index in [4.69, 9.17) is 4.74 Å². The molecule has 112 valence electrons. The summed E-state index contributed by atoms with van der Waals surface area (Å²) in [6.07, 6.45) is 2.84. The number of halogens is 1. The lowest BCUT2D eigenvalue weighted by Crippen LogP contribution is -2.29. The van der Waals surface area contributed by atoms with Crippen molar-refractivity contribution in [2.75, 3.05) is 0 Å². The zero-order valence-corrected chi connectivity index (χ0v) is 11.8. The van der Waals surface area contributed by atoms with E-state index in [0.29, 0.717) is 5.52 Å². The number of aromatic amines is 1. The normalized spacial score (nSPS) is 22.4. The Balaban J connectivity index is 1.86. The molecule has 0 saturated heterocycles. The first kappa shape index (κ1) is 13.9. The van der Waals surface area contributed by atoms with Gasteiger partial charge >= 0.3 is 11.7 Å². The molecule has 1 aromatic heterocycles. The van der Waals surface area contributed by atoms with Crippen molar-refractivity contribution in [1.29, 1.82) is 0 Å². The smallest absolute Gasteiger partial charge is 0.326 e. The highest BCUT2D eigenvalue weighted by Gasteiger charge is 2.26. The molecule has 1 N–H and O–H groups in total. The molecule has 6 heteroatoms. The number of hydrogen-bond donors (Lipinski definition) is 1. The van der Waals surface area contributed by atoms with Crippen molar-refractivity contribution in [1.82, 2.24) is 9.55 Å². The number of nitrogens with zero attached hydrogens (tertiary/aromatic N) is 1. The van der Waals surface area contributed by atoms with Crippen molar-refractivity contribution >= 4 is 17.0 Å². The van der Waals surface area contributed by atoms with Crippen LogP contribution >= 0.6 is 0 Å². The van der Waals surface area contributed by atoms with Gasteiger partial charge in [0, 0.05) is 13.0 Å². The molecule has 0 spiro atoms. The minimum atomic E-state index is -0.419. The van der Waals surface area contributed by atoms with Crippen LogP contribution in [0, 0.1) is 5.82 Å². The molecule has 1 saturated carbocycles. The van der Waals surface area contributed by atoms with Crippen LogP contribution in [0.25, 0.3) is 11.0 Å². The highest BCUT2D eigenvalue weighted by Crippen LogP contribution is 2.31. The number of benzene rings is 1. The number of H-pyrrole nitrogens is 1. The van der Waals surface area contributed by atoms with Crippen LogP contribution in [0.3, 0.4) is 0 Å². The predicted octanol–water partition coefficient (Wildman–Crippen LogP) is 2.52. The van der Waals surface area contributed by atoms with Crippen LogP contribution in [0.15, 0.2) is 23.0 Å². The van der Waals surface area contributed by atoms with Gasteiger partial charge in [0.25, 0.3) is 0 Å². The van der Waals surface area contributed by atoms with Gasteiger partial charge in [0.15, 0.2) is 0 Å². The Morgan fingerprint density at radius 3 is 2.71 bits per heavy atom. The van der Waals surface area contributed by atoms with Crippen LogP contribution in [-0.4, -0.2) is 21.6 Å². The van der Waals surface area contributed by atoms with Crippen molar-refractivity contribution in [3.05, 3.63) is 34.5 Å². The topological polar surface area (TPSA) is 64.1 Å². The molecule has 0 bridgehead atoms. The van der Waals surface area contributed by atoms with E-state index in [-0.39, 0.29) is 29.3 Å². The highest BCUT2D eigenvalue weighted by molar-refractivity contribution is 5.75. The van der Waals surface area contributed by atoms with Crippen molar-refractivity contribution < 1.29 is 13.9 Å². The molecule has 0 atom stereocenters. The quantitative estimate of drug-likeness (QED) is 0.865. The molecule has 21 heavy (non-hydrogen) atoms. The fourth-order valence-electron chi connectivity index (χ4n) is 3.13.